The molecule has 0 spiro atoms. The Labute approximate surface area is 114 Å². The van der Waals surface area contributed by atoms with Crippen LogP contribution in [0, 0.1) is 6.92 Å². The standard InChI is InChI=1S/C15H22N2O2/c1-11-5-2-6-12-13(7-4-10-19-15(11)12)17-9-3-8-14(16)18/h2,5-6,13,17H,3-4,7-10H2,1H3,(H2,16,18). The summed E-state index contributed by atoms with van der Waals surface area (Å²) in [6.45, 7) is 3.66. The van der Waals surface area contributed by atoms with E-state index in [0.29, 0.717) is 12.5 Å². The number of carbonyl (C=O) groups is 1. The van der Waals surface area contributed by atoms with Gasteiger partial charge in [-0.2, -0.15) is 0 Å². The predicted octanol–water partition coefficient (Wildman–Crippen LogP) is 2.06. The van der Waals surface area contributed by atoms with Crippen LogP contribution in [0.3, 0.4) is 0 Å². The van der Waals surface area contributed by atoms with Crippen LogP contribution < -0.4 is 15.8 Å². The van der Waals surface area contributed by atoms with Gasteiger partial charge in [0.15, 0.2) is 0 Å². The van der Waals surface area contributed by atoms with Crippen molar-refractivity contribution in [1.82, 2.24) is 5.32 Å². The van der Waals surface area contributed by atoms with Crippen LogP contribution in [0.15, 0.2) is 18.2 Å². The van der Waals surface area contributed by atoms with Gasteiger partial charge in [0, 0.05) is 18.0 Å². The molecule has 1 aliphatic rings. The van der Waals surface area contributed by atoms with Gasteiger partial charge in [0.1, 0.15) is 5.75 Å². The van der Waals surface area contributed by atoms with Crippen molar-refractivity contribution in [2.24, 2.45) is 5.73 Å². The number of rotatable bonds is 5. The first kappa shape index (κ1) is 13.9. The first-order valence-corrected chi connectivity index (χ1v) is 6.92. The normalized spacial score (nSPS) is 18.3. The van der Waals surface area contributed by atoms with Gasteiger partial charge >= 0.3 is 0 Å². The van der Waals surface area contributed by atoms with E-state index in [1.54, 1.807) is 0 Å². The Kier molecular flexibility index (Phi) is 4.80. The van der Waals surface area contributed by atoms with Crippen LogP contribution in [0.5, 0.6) is 5.75 Å². The molecule has 0 saturated heterocycles. The third-order valence-corrected chi connectivity index (χ3v) is 3.49. The highest BCUT2D eigenvalue weighted by Crippen LogP contribution is 2.33. The average Bonchev–Trinajstić information content (AvgIpc) is 2.58. The summed E-state index contributed by atoms with van der Waals surface area (Å²) in [5.74, 6) is 0.787. The number of amides is 1. The first-order chi connectivity index (χ1) is 9.18. The minimum absolute atomic E-state index is 0.234. The molecule has 1 amide bonds. The molecular formula is C15H22N2O2. The molecular weight excluding hydrogens is 240 g/mol. The van der Waals surface area contributed by atoms with Crippen LogP contribution >= 0.6 is 0 Å². The Morgan fingerprint density at radius 3 is 3.16 bits per heavy atom. The van der Waals surface area contributed by atoms with Gasteiger partial charge in [-0.25, -0.2) is 0 Å². The van der Waals surface area contributed by atoms with E-state index in [1.165, 1.54) is 11.1 Å². The van der Waals surface area contributed by atoms with Gasteiger partial charge in [0.2, 0.25) is 5.91 Å². The third-order valence-electron chi connectivity index (χ3n) is 3.49. The second kappa shape index (κ2) is 6.57. The van der Waals surface area contributed by atoms with Crippen molar-refractivity contribution in [2.75, 3.05) is 13.2 Å². The second-order valence-electron chi connectivity index (χ2n) is 5.06. The van der Waals surface area contributed by atoms with Gasteiger partial charge in [-0.05, 0) is 38.3 Å². The fraction of sp³-hybridized carbons (Fsp3) is 0.533. The largest absolute Gasteiger partial charge is 0.493 e. The summed E-state index contributed by atoms with van der Waals surface area (Å²) < 4.78 is 5.84. The minimum atomic E-state index is -0.234. The molecule has 4 heteroatoms. The van der Waals surface area contributed by atoms with Crippen LogP contribution in [0.2, 0.25) is 0 Å². The van der Waals surface area contributed by atoms with Gasteiger partial charge < -0.3 is 15.8 Å². The Bertz CT molecular complexity index is 446. The van der Waals surface area contributed by atoms with E-state index < -0.39 is 0 Å². The molecule has 0 aliphatic carbocycles. The summed E-state index contributed by atoms with van der Waals surface area (Å²) in [6, 6.07) is 6.58. The molecule has 1 atom stereocenters. The molecule has 0 fully saturated rings. The van der Waals surface area contributed by atoms with Crippen molar-refractivity contribution < 1.29 is 9.53 Å². The summed E-state index contributed by atoms with van der Waals surface area (Å²) in [4.78, 5) is 10.7. The van der Waals surface area contributed by atoms with Crippen LogP contribution in [-0.2, 0) is 4.79 Å². The fourth-order valence-corrected chi connectivity index (χ4v) is 2.51. The van der Waals surface area contributed by atoms with Crippen LogP contribution in [0.4, 0.5) is 0 Å². The lowest BCUT2D eigenvalue weighted by Gasteiger charge is -2.19. The third kappa shape index (κ3) is 3.70. The maximum Gasteiger partial charge on any atom is 0.217 e. The van der Waals surface area contributed by atoms with Gasteiger partial charge in [0.25, 0.3) is 0 Å². The Morgan fingerprint density at radius 1 is 1.53 bits per heavy atom. The summed E-state index contributed by atoms with van der Waals surface area (Å²) in [7, 11) is 0. The number of nitrogens with two attached hydrogens (primary N) is 1. The smallest absolute Gasteiger partial charge is 0.217 e. The summed E-state index contributed by atoms with van der Waals surface area (Å²) in [5.41, 5.74) is 7.56. The van der Waals surface area contributed by atoms with Crippen LogP contribution in [0.25, 0.3) is 0 Å². The molecule has 0 saturated carbocycles. The van der Waals surface area contributed by atoms with E-state index in [4.69, 9.17) is 10.5 Å². The number of hydrogen-bond acceptors (Lipinski definition) is 3. The number of ether oxygens (including phenoxy) is 1. The van der Waals surface area contributed by atoms with E-state index in [-0.39, 0.29) is 5.91 Å². The highest BCUT2D eigenvalue weighted by Gasteiger charge is 2.20. The predicted molar refractivity (Wildman–Crippen MR) is 75.1 cm³/mol. The molecule has 0 aromatic heterocycles. The van der Waals surface area contributed by atoms with Gasteiger partial charge in [-0.1, -0.05) is 18.2 Å². The molecule has 19 heavy (non-hydrogen) atoms. The molecule has 1 aromatic carbocycles. The number of para-hydroxylation sites is 1. The lowest BCUT2D eigenvalue weighted by atomic mass is 9.99. The fourth-order valence-electron chi connectivity index (χ4n) is 2.51. The van der Waals surface area contributed by atoms with Crippen molar-refractivity contribution in [2.45, 2.75) is 38.6 Å². The summed E-state index contributed by atoms with van der Waals surface area (Å²) >= 11 is 0. The lowest BCUT2D eigenvalue weighted by Crippen LogP contribution is -2.23. The second-order valence-corrected chi connectivity index (χ2v) is 5.06. The average molecular weight is 262 g/mol. The first-order valence-electron chi connectivity index (χ1n) is 6.92. The molecule has 1 aliphatic heterocycles. The molecule has 4 nitrogen and oxygen atoms in total. The Morgan fingerprint density at radius 2 is 2.37 bits per heavy atom. The van der Waals surface area contributed by atoms with Crippen molar-refractivity contribution in [3.8, 4) is 5.75 Å². The Hall–Kier alpha value is -1.55. The molecule has 1 aromatic rings. The van der Waals surface area contributed by atoms with Gasteiger partial charge in [-0.15, -0.1) is 0 Å². The number of nitrogens with one attached hydrogen (secondary N) is 1. The van der Waals surface area contributed by atoms with Crippen molar-refractivity contribution in [1.29, 1.82) is 0 Å². The number of primary amides is 1. The van der Waals surface area contributed by atoms with E-state index in [9.17, 15) is 4.79 Å². The van der Waals surface area contributed by atoms with E-state index in [1.807, 2.05) is 0 Å². The molecule has 1 heterocycles. The van der Waals surface area contributed by atoms with Gasteiger partial charge in [-0.3, -0.25) is 4.79 Å². The molecule has 3 N–H and O–H groups in total. The van der Waals surface area contributed by atoms with Gasteiger partial charge in [0.05, 0.1) is 6.61 Å². The SMILES string of the molecule is Cc1cccc2c1OCCCC2NCCCC(N)=O. The topological polar surface area (TPSA) is 64.3 Å². The summed E-state index contributed by atoms with van der Waals surface area (Å²) in [6.07, 6.45) is 3.33. The van der Waals surface area contributed by atoms with E-state index >= 15 is 0 Å². The minimum Gasteiger partial charge on any atom is -0.493 e. The van der Waals surface area contributed by atoms with Crippen LogP contribution in [0.1, 0.15) is 42.9 Å². The van der Waals surface area contributed by atoms with Crippen molar-refractivity contribution >= 4 is 5.91 Å². The highest BCUT2D eigenvalue weighted by atomic mass is 16.5. The Balaban J connectivity index is 2.01. The monoisotopic (exact) mass is 262 g/mol. The number of aryl methyl sites for hydroxylation is 1. The highest BCUT2D eigenvalue weighted by molar-refractivity contribution is 5.73. The summed E-state index contributed by atoms with van der Waals surface area (Å²) in [5, 5.41) is 3.51. The molecule has 104 valence electrons. The zero-order valence-electron chi connectivity index (χ0n) is 11.4. The molecule has 2 rings (SSSR count). The number of carbonyl (C=O) groups excluding carboxylic acids is 1. The van der Waals surface area contributed by atoms with Crippen molar-refractivity contribution in [3.05, 3.63) is 29.3 Å². The van der Waals surface area contributed by atoms with E-state index in [0.717, 1.165) is 38.2 Å². The lowest BCUT2D eigenvalue weighted by molar-refractivity contribution is -0.118. The molecule has 1 unspecified atom stereocenters. The maximum atomic E-state index is 10.7. The quantitative estimate of drug-likeness (QED) is 0.798. The number of benzene rings is 1. The molecule has 0 radical (unpaired) electrons. The molecule has 0 bridgehead atoms. The number of fused-ring (bicyclic) bond motifs is 1. The van der Waals surface area contributed by atoms with Crippen LogP contribution in [-0.4, -0.2) is 19.1 Å². The maximum absolute atomic E-state index is 10.7. The zero-order chi connectivity index (χ0) is 13.7. The van der Waals surface area contributed by atoms with Crippen molar-refractivity contribution in [3.63, 3.8) is 0 Å². The zero-order valence-corrected chi connectivity index (χ0v) is 11.4. The number of hydrogen-bond donors (Lipinski definition) is 2. The van der Waals surface area contributed by atoms with E-state index in [2.05, 4.69) is 30.4 Å².